The third kappa shape index (κ3) is 3.48. The maximum absolute atomic E-state index is 13.0. The number of ether oxygens (including phenoxy) is 1. The van der Waals surface area contributed by atoms with Gasteiger partial charge in [0.2, 0.25) is 0 Å². The number of hydrogen-bond donors (Lipinski definition) is 1. The van der Waals surface area contributed by atoms with Crippen molar-refractivity contribution in [2.75, 3.05) is 7.11 Å². The molecule has 1 amide bonds. The molecular formula is C15H13ClFNO2. The van der Waals surface area contributed by atoms with Crippen LogP contribution in [-0.4, -0.2) is 13.0 Å². The second-order valence-corrected chi connectivity index (χ2v) is 4.57. The van der Waals surface area contributed by atoms with Crippen molar-refractivity contribution in [3.05, 3.63) is 64.4 Å². The fraction of sp³-hybridized carbons (Fsp3) is 0.133. The third-order valence-corrected chi connectivity index (χ3v) is 3.08. The van der Waals surface area contributed by atoms with Crippen LogP contribution in [0.5, 0.6) is 5.75 Å². The van der Waals surface area contributed by atoms with E-state index in [4.69, 9.17) is 16.3 Å². The first-order valence-corrected chi connectivity index (χ1v) is 6.34. The summed E-state index contributed by atoms with van der Waals surface area (Å²) in [7, 11) is 1.56. The highest BCUT2D eigenvalue weighted by molar-refractivity contribution is 6.30. The Labute approximate surface area is 121 Å². The highest BCUT2D eigenvalue weighted by atomic mass is 35.5. The Morgan fingerprint density at radius 3 is 2.55 bits per heavy atom. The number of rotatable bonds is 4. The molecule has 3 nitrogen and oxygen atoms in total. The van der Waals surface area contributed by atoms with Gasteiger partial charge in [-0.05, 0) is 42.0 Å². The van der Waals surface area contributed by atoms with Crippen LogP contribution in [0.25, 0.3) is 0 Å². The zero-order chi connectivity index (χ0) is 14.5. The number of amides is 1. The van der Waals surface area contributed by atoms with E-state index in [0.717, 1.165) is 5.56 Å². The van der Waals surface area contributed by atoms with Crippen LogP contribution < -0.4 is 10.1 Å². The van der Waals surface area contributed by atoms with E-state index in [-0.39, 0.29) is 17.5 Å². The summed E-state index contributed by atoms with van der Waals surface area (Å²) in [6.07, 6.45) is 0. The Bertz CT molecular complexity index is 614. The zero-order valence-electron chi connectivity index (χ0n) is 10.8. The molecule has 2 rings (SSSR count). The van der Waals surface area contributed by atoms with Gasteiger partial charge >= 0.3 is 0 Å². The van der Waals surface area contributed by atoms with Gasteiger partial charge in [0.25, 0.3) is 5.91 Å². The molecule has 0 fully saturated rings. The normalized spacial score (nSPS) is 10.2. The van der Waals surface area contributed by atoms with Crippen LogP contribution in [0.1, 0.15) is 15.9 Å². The molecule has 0 aliphatic rings. The first-order valence-electron chi connectivity index (χ1n) is 5.96. The van der Waals surface area contributed by atoms with Crippen molar-refractivity contribution >= 4 is 17.5 Å². The van der Waals surface area contributed by atoms with E-state index in [0.29, 0.717) is 11.3 Å². The maximum atomic E-state index is 13.0. The first kappa shape index (κ1) is 14.3. The lowest BCUT2D eigenvalue weighted by Gasteiger charge is -2.07. The highest BCUT2D eigenvalue weighted by Crippen LogP contribution is 2.16. The van der Waals surface area contributed by atoms with E-state index < -0.39 is 5.82 Å². The van der Waals surface area contributed by atoms with Crippen molar-refractivity contribution < 1.29 is 13.9 Å². The molecule has 5 heteroatoms. The molecule has 0 spiro atoms. The summed E-state index contributed by atoms with van der Waals surface area (Å²) in [6, 6.07) is 11.1. The SMILES string of the molecule is COc1ccc(C(=O)NCc2ccc(F)c(Cl)c2)cc1. The molecule has 0 aromatic heterocycles. The molecule has 0 unspecified atom stereocenters. The van der Waals surface area contributed by atoms with E-state index in [1.54, 1.807) is 37.4 Å². The van der Waals surface area contributed by atoms with Crippen molar-refractivity contribution in [1.82, 2.24) is 5.32 Å². The number of nitrogens with one attached hydrogen (secondary N) is 1. The molecule has 0 aliphatic carbocycles. The van der Waals surface area contributed by atoms with Crippen molar-refractivity contribution in [2.24, 2.45) is 0 Å². The smallest absolute Gasteiger partial charge is 0.251 e. The molecule has 0 aliphatic heterocycles. The zero-order valence-corrected chi connectivity index (χ0v) is 11.6. The standard InChI is InChI=1S/C15H13ClFNO2/c1-20-12-5-3-11(4-6-12)15(19)18-9-10-2-7-14(17)13(16)8-10/h2-8H,9H2,1H3,(H,18,19). The van der Waals surface area contributed by atoms with Crippen molar-refractivity contribution in [2.45, 2.75) is 6.54 Å². The molecule has 104 valence electrons. The summed E-state index contributed by atoms with van der Waals surface area (Å²) >= 11 is 5.68. The summed E-state index contributed by atoms with van der Waals surface area (Å²) in [4.78, 5) is 11.9. The predicted octanol–water partition coefficient (Wildman–Crippen LogP) is 3.42. The van der Waals surface area contributed by atoms with Crippen LogP contribution in [0, 0.1) is 5.82 Å². The number of carbonyl (C=O) groups excluding carboxylic acids is 1. The van der Waals surface area contributed by atoms with Gasteiger partial charge in [-0.2, -0.15) is 0 Å². The van der Waals surface area contributed by atoms with Gasteiger partial charge in [-0.15, -0.1) is 0 Å². The summed E-state index contributed by atoms with van der Waals surface area (Å²) in [5.74, 6) is -0.00290. The van der Waals surface area contributed by atoms with Crippen LogP contribution >= 0.6 is 11.6 Å². The lowest BCUT2D eigenvalue weighted by Crippen LogP contribution is -2.22. The molecule has 0 saturated heterocycles. The van der Waals surface area contributed by atoms with Gasteiger partial charge in [-0.25, -0.2) is 4.39 Å². The van der Waals surface area contributed by atoms with Gasteiger partial charge in [-0.3, -0.25) is 4.79 Å². The fourth-order valence-corrected chi connectivity index (χ4v) is 1.88. The molecule has 1 N–H and O–H groups in total. The molecule has 2 aromatic rings. The number of hydrogen-bond acceptors (Lipinski definition) is 2. The van der Waals surface area contributed by atoms with E-state index in [9.17, 15) is 9.18 Å². The van der Waals surface area contributed by atoms with Crippen LogP contribution in [-0.2, 0) is 6.54 Å². The van der Waals surface area contributed by atoms with Crippen LogP contribution in [0.2, 0.25) is 5.02 Å². The van der Waals surface area contributed by atoms with Gasteiger partial charge in [0.1, 0.15) is 11.6 Å². The monoisotopic (exact) mass is 293 g/mol. The minimum absolute atomic E-state index is 0.0428. The highest BCUT2D eigenvalue weighted by Gasteiger charge is 2.06. The maximum Gasteiger partial charge on any atom is 0.251 e. The molecular weight excluding hydrogens is 281 g/mol. The van der Waals surface area contributed by atoms with E-state index in [1.807, 2.05) is 0 Å². The number of methoxy groups -OCH3 is 1. The second kappa shape index (κ2) is 6.39. The molecule has 0 bridgehead atoms. The van der Waals surface area contributed by atoms with Crippen molar-refractivity contribution in [3.8, 4) is 5.75 Å². The molecule has 0 heterocycles. The largest absolute Gasteiger partial charge is 0.497 e. The van der Waals surface area contributed by atoms with E-state index in [2.05, 4.69) is 5.32 Å². The average molecular weight is 294 g/mol. The molecule has 0 atom stereocenters. The number of benzene rings is 2. The lowest BCUT2D eigenvalue weighted by molar-refractivity contribution is 0.0951. The van der Waals surface area contributed by atoms with Gasteiger partial charge in [0.05, 0.1) is 12.1 Å². The first-order chi connectivity index (χ1) is 9.60. The molecule has 2 aromatic carbocycles. The van der Waals surface area contributed by atoms with Gasteiger partial charge in [-0.1, -0.05) is 17.7 Å². The van der Waals surface area contributed by atoms with Crippen LogP contribution in [0.3, 0.4) is 0 Å². The Morgan fingerprint density at radius 2 is 1.95 bits per heavy atom. The average Bonchev–Trinajstić information content (AvgIpc) is 2.48. The number of halogens is 2. The predicted molar refractivity (Wildman–Crippen MR) is 75.6 cm³/mol. The van der Waals surface area contributed by atoms with Crippen LogP contribution in [0.4, 0.5) is 4.39 Å². The molecule has 0 saturated carbocycles. The van der Waals surface area contributed by atoms with Gasteiger partial charge in [0, 0.05) is 12.1 Å². The topological polar surface area (TPSA) is 38.3 Å². The van der Waals surface area contributed by atoms with E-state index in [1.165, 1.54) is 12.1 Å². The summed E-state index contributed by atoms with van der Waals surface area (Å²) < 4.78 is 18.0. The Hall–Kier alpha value is -2.07. The summed E-state index contributed by atoms with van der Waals surface area (Å²) in [5.41, 5.74) is 1.26. The minimum atomic E-state index is -0.475. The Kier molecular flexibility index (Phi) is 4.58. The Balaban J connectivity index is 1.98. The summed E-state index contributed by atoms with van der Waals surface area (Å²) in [5, 5.41) is 2.78. The van der Waals surface area contributed by atoms with E-state index >= 15 is 0 Å². The summed E-state index contributed by atoms with van der Waals surface area (Å²) in [6.45, 7) is 0.283. The fourth-order valence-electron chi connectivity index (χ4n) is 1.68. The van der Waals surface area contributed by atoms with Crippen LogP contribution in [0.15, 0.2) is 42.5 Å². The second-order valence-electron chi connectivity index (χ2n) is 4.16. The third-order valence-electron chi connectivity index (χ3n) is 2.79. The Morgan fingerprint density at radius 1 is 1.25 bits per heavy atom. The van der Waals surface area contributed by atoms with Gasteiger partial charge < -0.3 is 10.1 Å². The van der Waals surface area contributed by atoms with Crippen molar-refractivity contribution in [3.63, 3.8) is 0 Å². The molecule has 20 heavy (non-hydrogen) atoms. The van der Waals surface area contributed by atoms with Gasteiger partial charge in [0.15, 0.2) is 0 Å². The lowest BCUT2D eigenvalue weighted by atomic mass is 10.2. The number of carbonyl (C=O) groups is 1. The quantitative estimate of drug-likeness (QED) is 0.938. The minimum Gasteiger partial charge on any atom is -0.497 e. The van der Waals surface area contributed by atoms with Crippen molar-refractivity contribution in [1.29, 1.82) is 0 Å². The molecule has 0 radical (unpaired) electrons.